The Balaban J connectivity index is 1.35. The van der Waals surface area contributed by atoms with E-state index in [2.05, 4.69) is 0 Å². The quantitative estimate of drug-likeness (QED) is 0.547. The molecule has 2 aromatic carbocycles. The average Bonchev–Trinajstić information content (AvgIpc) is 3.30. The fourth-order valence-electron chi connectivity index (χ4n) is 3.98. The molecule has 0 radical (unpaired) electrons. The van der Waals surface area contributed by atoms with Crippen LogP contribution in [0.2, 0.25) is 0 Å². The third-order valence-electron chi connectivity index (χ3n) is 5.66. The second-order valence-corrected chi connectivity index (χ2v) is 8.51. The van der Waals surface area contributed by atoms with Crippen LogP contribution in [0.5, 0.6) is 11.5 Å². The first-order valence-electron chi connectivity index (χ1n) is 10.9. The Morgan fingerprint density at radius 3 is 2.03 bits per heavy atom. The minimum absolute atomic E-state index is 0.0938. The third kappa shape index (κ3) is 5.79. The van der Waals surface area contributed by atoms with E-state index < -0.39 is 5.79 Å². The van der Waals surface area contributed by atoms with E-state index in [1.165, 1.54) is 0 Å². The molecule has 2 fully saturated rings. The molecule has 7 heteroatoms. The third-order valence-corrected chi connectivity index (χ3v) is 5.66. The number of hydrogen-bond acceptors (Lipinski definition) is 7. The number of hydrogen-bond donors (Lipinski definition) is 0. The molecular formula is C25H32O7. The van der Waals surface area contributed by atoms with Crippen LogP contribution in [0.3, 0.4) is 0 Å². The molecule has 4 rings (SSSR count). The van der Waals surface area contributed by atoms with Crippen molar-refractivity contribution >= 4 is 0 Å². The molecule has 2 aliphatic rings. The Morgan fingerprint density at radius 1 is 0.875 bits per heavy atom. The maximum Gasteiger partial charge on any atom is 0.187 e. The Morgan fingerprint density at radius 2 is 1.47 bits per heavy atom. The van der Waals surface area contributed by atoms with Crippen molar-refractivity contribution in [1.29, 1.82) is 0 Å². The lowest BCUT2D eigenvalue weighted by atomic mass is 10.1. The summed E-state index contributed by atoms with van der Waals surface area (Å²) in [5.41, 5.74) is 2.12. The van der Waals surface area contributed by atoms with Crippen molar-refractivity contribution in [2.24, 2.45) is 0 Å². The van der Waals surface area contributed by atoms with E-state index in [0.29, 0.717) is 26.2 Å². The van der Waals surface area contributed by atoms with Crippen LogP contribution in [-0.4, -0.2) is 51.2 Å². The molecule has 174 valence electrons. The maximum atomic E-state index is 6.26. The van der Waals surface area contributed by atoms with Crippen LogP contribution >= 0.6 is 0 Å². The predicted molar refractivity (Wildman–Crippen MR) is 118 cm³/mol. The van der Waals surface area contributed by atoms with Crippen LogP contribution in [0.25, 0.3) is 0 Å². The van der Waals surface area contributed by atoms with E-state index in [0.717, 1.165) is 22.6 Å². The lowest BCUT2D eigenvalue weighted by Gasteiger charge is -2.26. The van der Waals surface area contributed by atoms with E-state index in [4.69, 9.17) is 33.2 Å². The zero-order valence-electron chi connectivity index (χ0n) is 19.1. The molecule has 0 aliphatic carbocycles. The molecule has 2 aromatic rings. The first-order chi connectivity index (χ1) is 15.5. The number of ether oxygens (including phenoxy) is 7. The van der Waals surface area contributed by atoms with Crippen molar-refractivity contribution in [3.05, 3.63) is 59.7 Å². The van der Waals surface area contributed by atoms with Crippen molar-refractivity contribution in [2.75, 3.05) is 20.8 Å². The highest BCUT2D eigenvalue weighted by Gasteiger charge is 2.50. The van der Waals surface area contributed by atoms with E-state index in [9.17, 15) is 0 Å². The first kappa shape index (κ1) is 23.0. The van der Waals surface area contributed by atoms with Gasteiger partial charge in [-0.25, -0.2) is 0 Å². The van der Waals surface area contributed by atoms with Gasteiger partial charge < -0.3 is 33.2 Å². The number of fused-ring (bicyclic) bond motifs is 1. The molecule has 7 nitrogen and oxygen atoms in total. The van der Waals surface area contributed by atoms with Gasteiger partial charge in [0.2, 0.25) is 0 Å². The predicted octanol–water partition coefficient (Wildman–Crippen LogP) is 4.07. The Hall–Kier alpha value is -2.16. The van der Waals surface area contributed by atoms with Gasteiger partial charge in [0, 0.05) is 6.42 Å². The lowest BCUT2D eigenvalue weighted by molar-refractivity contribution is -0.221. The lowest BCUT2D eigenvalue weighted by Crippen LogP contribution is -2.35. The van der Waals surface area contributed by atoms with Gasteiger partial charge in [0.1, 0.15) is 23.7 Å². The minimum atomic E-state index is -0.620. The van der Waals surface area contributed by atoms with Gasteiger partial charge in [0.05, 0.1) is 40.1 Å². The summed E-state index contributed by atoms with van der Waals surface area (Å²) >= 11 is 0. The van der Waals surface area contributed by atoms with Crippen molar-refractivity contribution in [1.82, 2.24) is 0 Å². The van der Waals surface area contributed by atoms with Gasteiger partial charge in [-0.15, -0.1) is 0 Å². The van der Waals surface area contributed by atoms with Crippen LogP contribution in [0, 0.1) is 0 Å². The summed E-state index contributed by atoms with van der Waals surface area (Å²) in [4.78, 5) is 0. The number of rotatable bonds is 10. The second kappa shape index (κ2) is 10.2. The highest BCUT2D eigenvalue weighted by molar-refractivity contribution is 5.27. The topological polar surface area (TPSA) is 64.6 Å². The monoisotopic (exact) mass is 444 g/mol. The summed E-state index contributed by atoms with van der Waals surface area (Å²) in [6, 6.07) is 15.7. The van der Waals surface area contributed by atoms with Gasteiger partial charge in [-0.3, -0.25) is 0 Å². The largest absolute Gasteiger partial charge is 0.497 e. The highest BCUT2D eigenvalue weighted by atomic mass is 16.8. The van der Waals surface area contributed by atoms with Crippen LogP contribution in [0.15, 0.2) is 48.5 Å². The van der Waals surface area contributed by atoms with E-state index in [-0.39, 0.29) is 24.6 Å². The van der Waals surface area contributed by atoms with Gasteiger partial charge in [-0.2, -0.15) is 0 Å². The standard InChI is InChI=1S/C25H32O7/c1-25(2)31-22-13-21(30-24(22)32-25)23(29-15-18-7-11-20(27-4)12-8-18)16-28-14-17-5-9-19(26-3)10-6-17/h5-12,21-24H,13-16H2,1-4H3/t21-,22+,23+,24+/m0/s1. The number of methoxy groups -OCH3 is 2. The van der Waals surface area contributed by atoms with Gasteiger partial charge in [-0.05, 0) is 49.2 Å². The Bertz CT molecular complexity index is 834. The Kier molecular flexibility index (Phi) is 7.33. The van der Waals surface area contributed by atoms with Crippen molar-refractivity contribution < 1.29 is 33.2 Å². The highest BCUT2D eigenvalue weighted by Crippen LogP contribution is 2.38. The zero-order chi connectivity index (χ0) is 22.6. The van der Waals surface area contributed by atoms with E-state index in [1.807, 2.05) is 62.4 Å². The zero-order valence-corrected chi connectivity index (χ0v) is 19.1. The summed E-state index contributed by atoms with van der Waals surface area (Å²) < 4.78 is 40.7. The molecule has 2 heterocycles. The molecule has 0 N–H and O–H groups in total. The van der Waals surface area contributed by atoms with Crippen molar-refractivity contribution in [3.8, 4) is 11.5 Å². The summed E-state index contributed by atoms with van der Waals surface area (Å²) in [5.74, 6) is 1.02. The molecule has 0 spiro atoms. The molecular weight excluding hydrogens is 412 g/mol. The minimum Gasteiger partial charge on any atom is -0.497 e. The fourth-order valence-corrected chi connectivity index (χ4v) is 3.98. The normalized spacial score (nSPS) is 24.8. The summed E-state index contributed by atoms with van der Waals surface area (Å²) in [6.45, 7) is 5.13. The fraction of sp³-hybridized carbons (Fsp3) is 0.520. The molecule has 4 atom stereocenters. The van der Waals surface area contributed by atoms with Crippen LogP contribution in [0.1, 0.15) is 31.4 Å². The van der Waals surface area contributed by atoms with Crippen LogP contribution in [0.4, 0.5) is 0 Å². The smallest absolute Gasteiger partial charge is 0.187 e. The Labute approximate surface area is 189 Å². The van der Waals surface area contributed by atoms with Crippen molar-refractivity contribution in [2.45, 2.75) is 63.9 Å². The van der Waals surface area contributed by atoms with Gasteiger partial charge >= 0.3 is 0 Å². The summed E-state index contributed by atoms with van der Waals surface area (Å²) in [6.07, 6.45) is -0.188. The summed E-state index contributed by atoms with van der Waals surface area (Å²) in [7, 11) is 3.31. The molecule has 0 amide bonds. The van der Waals surface area contributed by atoms with Gasteiger partial charge in [0.15, 0.2) is 12.1 Å². The summed E-state index contributed by atoms with van der Waals surface area (Å²) in [5, 5.41) is 0. The maximum absolute atomic E-state index is 6.26. The molecule has 0 saturated carbocycles. The van der Waals surface area contributed by atoms with Gasteiger partial charge in [0.25, 0.3) is 0 Å². The second-order valence-electron chi connectivity index (χ2n) is 8.51. The van der Waals surface area contributed by atoms with Gasteiger partial charge in [-0.1, -0.05) is 24.3 Å². The molecule has 2 aliphatic heterocycles. The molecule has 0 bridgehead atoms. The van der Waals surface area contributed by atoms with E-state index >= 15 is 0 Å². The van der Waals surface area contributed by atoms with E-state index in [1.54, 1.807) is 14.2 Å². The number of benzene rings is 2. The van der Waals surface area contributed by atoms with Crippen molar-refractivity contribution in [3.63, 3.8) is 0 Å². The molecule has 2 saturated heterocycles. The first-order valence-corrected chi connectivity index (χ1v) is 10.9. The SMILES string of the molecule is COc1ccc(COC[C@@H](OCc2ccc(OC)cc2)[C@@H]2C[C@H]3OC(C)(C)O[C@H]3O2)cc1. The molecule has 0 aromatic heterocycles. The van der Waals surface area contributed by atoms with Crippen LogP contribution < -0.4 is 9.47 Å². The average molecular weight is 445 g/mol. The molecule has 32 heavy (non-hydrogen) atoms. The molecule has 0 unspecified atom stereocenters. The van der Waals surface area contributed by atoms with Crippen LogP contribution in [-0.2, 0) is 36.9 Å².